The second-order valence-corrected chi connectivity index (χ2v) is 5.14. The molecule has 0 amide bonds. The summed E-state index contributed by atoms with van der Waals surface area (Å²) in [5.74, 6) is -0.962. The predicted octanol–water partition coefficient (Wildman–Crippen LogP) is 2.90. The van der Waals surface area contributed by atoms with Crippen molar-refractivity contribution in [3.05, 3.63) is 33.8 Å². The van der Waals surface area contributed by atoms with Gasteiger partial charge in [0.05, 0.1) is 5.92 Å². The van der Waals surface area contributed by atoms with Crippen molar-refractivity contribution < 1.29 is 9.90 Å². The smallest absolute Gasteiger partial charge is 0.307 e. The first-order chi connectivity index (χ1) is 8.06. The van der Waals surface area contributed by atoms with Crippen molar-refractivity contribution in [1.82, 2.24) is 4.90 Å². The van der Waals surface area contributed by atoms with E-state index in [1.165, 1.54) is 0 Å². The molecule has 1 aliphatic heterocycles. The molecule has 17 heavy (non-hydrogen) atoms. The molecule has 3 nitrogen and oxygen atoms in total. The van der Waals surface area contributed by atoms with Crippen LogP contribution in [0.5, 0.6) is 0 Å². The highest BCUT2D eigenvalue weighted by molar-refractivity contribution is 6.35. The van der Waals surface area contributed by atoms with Crippen LogP contribution in [0.25, 0.3) is 0 Å². The summed E-state index contributed by atoms with van der Waals surface area (Å²) in [4.78, 5) is 12.9. The number of hydrogen-bond acceptors (Lipinski definition) is 2. The van der Waals surface area contributed by atoms with Crippen LogP contribution in [-0.4, -0.2) is 29.1 Å². The fourth-order valence-corrected chi connectivity index (χ4v) is 2.54. The lowest BCUT2D eigenvalue weighted by Gasteiger charge is -2.16. The minimum Gasteiger partial charge on any atom is -0.481 e. The van der Waals surface area contributed by atoms with E-state index in [0.29, 0.717) is 29.6 Å². The molecule has 0 unspecified atom stereocenters. The Morgan fingerprint density at radius 1 is 1.47 bits per heavy atom. The predicted molar refractivity (Wildman–Crippen MR) is 67.5 cm³/mol. The Morgan fingerprint density at radius 3 is 2.82 bits per heavy atom. The molecule has 1 atom stereocenters. The van der Waals surface area contributed by atoms with E-state index in [-0.39, 0.29) is 5.92 Å². The molecule has 1 heterocycles. The van der Waals surface area contributed by atoms with Gasteiger partial charge in [-0.3, -0.25) is 9.69 Å². The number of nitrogens with zero attached hydrogens (tertiary/aromatic N) is 1. The fourth-order valence-electron chi connectivity index (χ4n) is 2.07. The van der Waals surface area contributed by atoms with Gasteiger partial charge in [-0.25, -0.2) is 0 Å². The Bertz CT molecular complexity index is 437. The topological polar surface area (TPSA) is 40.5 Å². The van der Waals surface area contributed by atoms with Crippen LogP contribution in [0.2, 0.25) is 10.0 Å². The van der Waals surface area contributed by atoms with Crippen LogP contribution in [0.1, 0.15) is 12.0 Å². The van der Waals surface area contributed by atoms with Crippen molar-refractivity contribution in [1.29, 1.82) is 0 Å². The number of aliphatic carboxylic acids is 1. The molecule has 0 aromatic heterocycles. The van der Waals surface area contributed by atoms with Crippen LogP contribution in [0, 0.1) is 5.92 Å². The summed E-state index contributed by atoms with van der Waals surface area (Å²) >= 11 is 11.9. The van der Waals surface area contributed by atoms with Crippen LogP contribution in [-0.2, 0) is 11.3 Å². The average molecular weight is 274 g/mol. The lowest BCUT2D eigenvalue weighted by atomic mass is 10.1. The first-order valence-electron chi connectivity index (χ1n) is 5.45. The molecule has 92 valence electrons. The summed E-state index contributed by atoms with van der Waals surface area (Å²) in [5, 5.41) is 10.2. The van der Waals surface area contributed by atoms with E-state index < -0.39 is 5.97 Å². The molecule has 1 aromatic rings. The zero-order valence-corrected chi connectivity index (χ0v) is 10.7. The Balaban J connectivity index is 2.00. The summed E-state index contributed by atoms with van der Waals surface area (Å²) in [6.45, 7) is 2.07. The van der Waals surface area contributed by atoms with E-state index in [0.717, 1.165) is 12.1 Å². The number of carboxylic acids is 1. The van der Waals surface area contributed by atoms with Gasteiger partial charge in [-0.15, -0.1) is 0 Å². The molecule has 2 rings (SSSR count). The van der Waals surface area contributed by atoms with Crippen molar-refractivity contribution in [3.63, 3.8) is 0 Å². The molecule has 1 saturated heterocycles. The minimum atomic E-state index is -0.713. The molecular formula is C12H13Cl2NO2. The van der Waals surface area contributed by atoms with E-state index in [2.05, 4.69) is 4.90 Å². The van der Waals surface area contributed by atoms with Crippen LogP contribution in [0.15, 0.2) is 18.2 Å². The summed E-state index contributed by atoms with van der Waals surface area (Å²) < 4.78 is 0. The number of likely N-dealkylation sites (tertiary alicyclic amines) is 1. The van der Waals surface area contributed by atoms with Crippen LogP contribution in [0.3, 0.4) is 0 Å². The molecular weight excluding hydrogens is 261 g/mol. The minimum absolute atomic E-state index is 0.249. The lowest BCUT2D eigenvalue weighted by molar-refractivity contribution is -0.141. The molecule has 0 bridgehead atoms. The number of carbonyl (C=O) groups is 1. The normalized spacial score (nSPS) is 20.7. The van der Waals surface area contributed by atoms with Gasteiger partial charge >= 0.3 is 5.97 Å². The third kappa shape index (κ3) is 3.12. The summed E-state index contributed by atoms with van der Waals surface area (Å²) in [6, 6.07) is 5.40. The highest BCUT2D eigenvalue weighted by Crippen LogP contribution is 2.25. The van der Waals surface area contributed by atoms with Gasteiger partial charge in [-0.05, 0) is 30.7 Å². The Labute approximate surface area is 110 Å². The summed E-state index contributed by atoms with van der Waals surface area (Å²) in [6.07, 6.45) is 0.709. The summed E-state index contributed by atoms with van der Waals surface area (Å²) in [5.41, 5.74) is 0.988. The standard InChI is InChI=1S/C12H13Cl2NO2/c13-10-2-1-8(11(14)5-10)6-15-4-3-9(7-15)12(16)17/h1-2,5,9H,3-4,6-7H2,(H,16,17)/t9-/m0/s1. The zero-order chi connectivity index (χ0) is 12.4. The van der Waals surface area contributed by atoms with Crippen molar-refractivity contribution in [2.75, 3.05) is 13.1 Å². The van der Waals surface area contributed by atoms with Gasteiger partial charge in [0.2, 0.25) is 0 Å². The number of halogens is 2. The van der Waals surface area contributed by atoms with Crippen molar-refractivity contribution in [2.24, 2.45) is 5.92 Å². The molecule has 0 saturated carbocycles. The Morgan fingerprint density at radius 2 is 2.24 bits per heavy atom. The number of rotatable bonds is 3. The first-order valence-corrected chi connectivity index (χ1v) is 6.21. The first kappa shape index (κ1) is 12.7. The maximum Gasteiger partial charge on any atom is 0.307 e. The second-order valence-electron chi connectivity index (χ2n) is 4.29. The average Bonchev–Trinajstić information content (AvgIpc) is 2.71. The SMILES string of the molecule is O=C(O)[C@H]1CCN(Cc2ccc(Cl)cc2Cl)C1. The number of hydrogen-bond donors (Lipinski definition) is 1. The number of benzene rings is 1. The zero-order valence-electron chi connectivity index (χ0n) is 9.20. The van der Waals surface area contributed by atoms with Crippen molar-refractivity contribution >= 4 is 29.2 Å². The second kappa shape index (κ2) is 5.25. The third-order valence-corrected chi connectivity index (χ3v) is 3.62. The Hall–Kier alpha value is -0.770. The van der Waals surface area contributed by atoms with Gasteiger partial charge in [0.15, 0.2) is 0 Å². The maximum atomic E-state index is 10.8. The van der Waals surface area contributed by atoms with E-state index in [1.54, 1.807) is 12.1 Å². The molecule has 0 aliphatic carbocycles. The van der Waals surface area contributed by atoms with E-state index in [9.17, 15) is 4.79 Å². The number of carboxylic acid groups (broad SMARTS) is 1. The molecule has 1 aromatic carbocycles. The van der Waals surface area contributed by atoms with Crippen LogP contribution >= 0.6 is 23.2 Å². The highest BCUT2D eigenvalue weighted by Gasteiger charge is 2.27. The quantitative estimate of drug-likeness (QED) is 0.921. The van der Waals surface area contributed by atoms with Crippen molar-refractivity contribution in [3.8, 4) is 0 Å². The van der Waals surface area contributed by atoms with Crippen molar-refractivity contribution in [2.45, 2.75) is 13.0 Å². The highest BCUT2D eigenvalue weighted by atomic mass is 35.5. The van der Waals surface area contributed by atoms with Gasteiger partial charge in [-0.1, -0.05) is 29.3 Å². The molecule has 1 aliphatic rings. The Kier molecular flexibility index (Phi) is 3.92. The summed E-state index contributed by atoms with van der Waals surface area (Å²) in [7, 11) is 0. The van der Waals surface area contributed by atoms with Gasteiger partial charge in [-0.2, -0.15) is 0 Å². The fraction of sp³-hybridized carbons (Fsp3) is 0.417. The van der Waals surface area contributed by atoms with Crippen LogP contribution < -0.4 is 0 Å². The largest absolute Gasteiger partial charge is 0.481 e. The molecule has 0 radical (unpaired) electrons. The van der Waals surface area contributed by atoms with Gasteiger partial charge < -0.3 is 5.11 Å². The maximum absolute atomic E-state index is 10.8. The van der Waals surface area contributed by atoms with E-state index >= 15 is 0 Å². The van der Waals surface area contributed by atoms with Gasteiger partial charge in [0, 0.05) is 23.1 Å². The monoisotopic (exact) mass is 273 g/mol. The van der Waals surface area contributed by atoms with Crippen LogP contribution in [0.4, 0.5) is 0 Å². The van der Waals surface area contributed by atoms with E-state index in [1.807, 2.05) is 6.07 Å². The van der Waals surface area contributed by atoms with E-state index in [4.69, 9.17) is 28.3 Å². The lowest BCUT2D eigenvalue weighted by Crippen LogP contribution is -2.22. The van der Waals surface area contributed by atoms with Gasteiger partial charge in [0.25, 0.3) is 0 Å². The molecule has 5 heteroatoms. The molecule has 1 N–H and O–H groups in total. The molecule has 0 spiro atoms. The third-order valence-electron chi connectivity index (χ3n) is 3.03. The molecule has 1 fully saturated rings. The van der Waals surface area contributed by atoms with Gasteiger partial charge in [0.1, 0.15) is 0 Å².